The number of hydrogen-bond donors (Lipinski definition) is 1. The lowest BCUT2D eigenvalue weighted by Gasteiger charge is -2.04. The molecule has 26 heavy (non-hydrogen) atoms. The van der Waals surface area contributed by atoms with Gasteiger partial charge in [0.2, 0.25) is 5.89 Å². The SMILES string of the molecule is COc1ccc(Cl)cc1-c1nc(C=Nc2cccc([N+](=O)[O-])c2)c(O)o1. The molecule has 8 nitrogen and oxygen atoms in total. The van der Waals surface area contributed by atoms with Gasteiger partial charge in [-0.3, -0.25) is 15.1 Å². The van der Waals surface area contributed by atoms with Crippen LogP contribution in [0.15, 0.2) is 51.9 Å². The zero-order valence-electron chi connectivity index (χ0n) is 13.4. The van der Waals surface area contributed by atoms with E-state index in [2.05, 4.69) is 9.98 Å². The zero-order valence-corrected chi connectivity index (χ0v) is 14.2. The van der Waals surface area contributed by atoms with Gasteiger partial charge in [-0.05, 0) is 24.3 Å². The van der Waals surface area contributed by atoms with E-state index in [-0.39, 0.29) is 17.3 Å². The molecule has 0 saturated carbocycles. The van der Waals surface area contributed by atoms with Crippen molar-refractivity contribution in [2.24, 2.45) is 4.99 Å². The third kappa shape index (κ3) is 3.65. The predicted octanol–water partition coefficient (Wildman–Crippen LogP) is 4.37. The minimum atomic E-state index is -0.518. The average molecular weight is 374 g/mol. The minimum Gasteiger partial charge on any atom is -0.496 e. The zero-order chi connectivity index (χ0) is 18.7. The maximum Gasteiger partial charge on any atom is 0.312 e. The van der Waals surface area contributed by atoms with Crippen LogP contribution >= 0.6 is 11.6 Å². The van der Waals surface area contributed by atoms with Gasteiger partial charge in [0, 0.05) is 17.2 Å². The van der Waals surface area contributed by atoms with Gasteiger partial charge in [0.1, 0.15) is 5.75 Å². The van der Waals surface area contributed by atoms with Crippen LogP contribution in [0.1, 0.15) is 5.69 Å². The van der Waals surface area contributed by atoms with E-state index in [1.807, 2.05) is 0 Å². The highest BCUT2D eigenvalue weighted by Gasteiger charge is 2.17. The normalized spacial score (nSPS) is 11.0. The second-order valence-electron chi connectivity index (χ2n) is 5.09. The highest BCUT2D eigenvalue weighted by molar-refractivity contribution is 6.30. The van der Waals surface area contributed by atoms with Crippen molar-refractivity contribution in [2.75, 3.05) is 7.11 Å². The van der Waals surface area contributed by atoms with Crippen LogP contribution in [0, 0.1) is 10.1 Å². The van der Waals surface area contributed by atoms with Crippen LogP contribution in [-0.4, -0.2) is 28.3 Å². The van der Waals surface area contributed by atoms with Crippen molar-refractivity contribution < 1.29 is 19.2 Å². The summed E-state index contributed by atoms with van der Waals surface area (Å²) in [4.78, 5) is 18.5. The number of nitro benzene ring substituents is 1. The Balaban J connectivity index is 1.93. The molecule has 3 rings (SSSR count). The van der Waals surface area contributed by atoms with Crippen molar-refractivity contribution in [1.82, 2.24) is 4.98 Å². The lowest BCUT2D eigenvalue weighted by molar-refractivity contribution is -0.384. The molecule has 9 heteroatoms. The molecule has 0 fully saturated rings. The molecule has 1 aromatic heterocycles. The first-order valence-corrected chi connectivity index (χ1v) is 7.68. The molecule has 0 bridgehead atoms. The van der Waals surface area contributed by atoms with Crippen molar-refractivity contribution in [3.63, 3.8) is 0 Å². The number of halogens is 1. The minimum absolute atomic E-state index is 0.0635. The van der Waals surface area contributed by atoms with Crippen molar-refractivity contribution in [2.45, 2.75) is 0 Å². The third-order valence-electron chi connectivity index (χ3n) is 3.40. The quantitative estimate of drug-likeness (QED) is 0.404. The predicted molar refractivity (Wildman–Crippen MR) is 95.5 cm³/mol. The van der Waals surface area contributed by atoms with Gasteiger partial charge in [-0.25, -0.2) is 4.98 Å². The second-order valence-corrected chi connectivity index (χ2v) is 5.53. The van der Waals surface area contributed by atoms with Gasteiger partial charge in [0.05, 0.1) is 29.5 Å². The number of rotatable bonds is 5. The molecule has 132 valence electrons. The number of aliphatic imine (C=N–C) groups is 1. The molecular formula is C17H12ClN3O5. The first-order valence-electron chi connectivity index (χ1n) is 7.30. The molecule has 0 atom stereocenters. The maximum atomic E-state index is 10.8. The second kappa shape index (κ2) is 7.24. The van der Waals surface area contributed by atoms with Crippen LogP contribution in [0.5, 0.6) is 11.7 Å². The van der Waals surface area contributed by atoms with Crippen molar-refractivity contribution in [3.8, 4) is 23.1 Å². The van der Waals surface area contributed by atoms with Gasteiger partial charge in [0.15, 0.2) is 5.69 Å². The van der Waals surface area contributed by atoms with Gasteiger partial charge < -0.3 is 14.3 Å². The van der Waals surface area contributed by atoms with Gasteiger partial charge in [-0.1, -0.05) is 17.7 Å². The van der Waals surface area contributed by atoms with E-state index in [0.29, 0.717) is 22.0 Å². The summed E-state index contributed by atoms with van der Waals surface area (Å²) in [5, 5.41) is 21.2. The van der Waals surface area contributed by atoms with Gasteiger partial charge >= 0.3 is 5.95 Å². The highest BCUT2D eigenvalue weighted by Crippen LogP contribution is 2.34. The Morgan fingerprint density at radius 2 is 2.15 bits per heavy atom. The number of nitro groups is 1. The lowest BCUT2D eigenvalue weighted by atomic mass is 10.2. The lowest BCUT2D eigenvalue weighted by Crippen LogP contribution is -1.89. The number of oxazole rings is 1. The molecule has 0 unspecified atom stereocenters. The number of aromatic hydroxyl groups is 1. The Morgan fingerprint density at radius 3 is 2.88 bits per heavy atom. The van der Waals surface area contributed by atoms with E-state index < -0.39 is 10.9 Å². The van der Waals surface area contributed by atoms with Crippen LogP contribution in [-0.2, 0) is 0 Å². The standard InChI is InChI=1S/C17H12ClN3O5/c1-25-15-6-5-10(18)7-13(15)16-20-14(17(22)26-16)9-19-11-3-2-4-12(8-11)21(23)24/h2-9,22H,1H3. The molecule has 1 heterocycles. The summed E-state index contributed by atoms with van der Waals surface area (Å²) in [7, 11) is 1.49. The molecule has 1 N–H and O–H groups in total. The van der Waals surface area contributed by atoms with Crippen LogP contribution in [0.25, 0.3) is 11.5 Å². The van der Waals surface area contributed by atoms with E-state index in [1.165, 1.54) is 31.5 Å². The molecule has 2 aromatic carbocycles. The maximum absolute atomic E-state index is 10.8. The largest absolute Gasteiger partial charge is 0.496 e. The first-order chi connectivity index (χ1) is 12.5. The van der Waals surface area contributed by atoms with Crippen molar-refractivity contribution >= 4 is 29.2 Å². The van der Waals surface area contributed by atoms with Gasteiger partial charge in [0.25, 0.3) is 5.69 Å². The molecular weight excluding hydrogens is 362 g/mol. The molecule has 0 radical (unpaired) electrons. The first kappa shape index (κ1) is 17.4. The van der Waals surface area contributed by atoms with E-state index in [9.17, 15) is 15.2 Å². The molecule has 0 saturated heterocycles. The molecule has 0 spiro atoms. The number of non-ortho nitro benzene ring substituents is 1. The fourth-order valence-electron chi connectivity index (χ4n) is 2.19. The van der Waals surface area contributed by atoms with E-state index in [4.69, 9.17) is 20.8 Å². The third-order valence-corrected chi connectivity index (χ3v) is 3.64. The summed E-state index contributed by atoms with van der Waals surface area (Å²) >= 11 is 5.98. The summed E-state index contributed by atoms with van der Waals surface area (Å²) in [6.07, 6.45) is 1.25. The van der Waals surface area contributed by atoms with E-state index >= 15 is 0 Å². The summed E-state index contributed by atoms with van der Waals surface area (Å²) in [6, 6.07) is 10.6. The summed E-state index contributed by atoms with van der Waals surface area (Å²) in [6.45, 7) is 0. The summed E-state index contributed by atoms with van der Waals surface area (Å²) in [5.41, 5.74) is 0.774. The number of hydrogen-bond acceptors (Lipinski definition) is 7. The van der Waals surface area contributed by atoms with Crippen molar-refractivity contribution in [3.05, 3.63) is 63.3 Å². The highest BCUT2D eigenvalue weighted by atomic mass is 35.5. The van der Waals surface area contributed by atoms with Crippen LogP contribution in [0.3, 0.4) is 0 Å². The van der Waals surface area contributed by atoms with Crippen LogP contribution < -0.4 is 4.74 Å². The number of benzene rings is 2. The van der Waals surface area contributed by atoms with E-state index in [1.54, 1.807) is 24.3 Å². The Kier molecular flexibility index (Phi) is 4.85. The monoisotopic (exact) mass is 373 g/mol. The Labute approximate surface area is 152 Å². The number of aromatic nitrogens is 1. The van der Waals surface area contributed by atoms with Crippen molar-refractivity contribution in [1.29, 1.82) is 0 Å². The number of methoxy groups -OCH3 is 1. The van der Waals surface area contributed by atoms with E-state index in [0.717, 1.165) is 0 Å². The smallest absolute Gasteiger partial charge is 0.312 e. The summed E-state index contributed by atoms with van der Waals surface area (Å²) in [5.74, 6) is 0.122. The summed E-state index contributed by atoms with van der Waals surface area (Å²) < 4.78 is 10.5. The Hall–Kier alpha value is -3.39. The number of nitrogens with zero attached hydrogens (tertiary/aromatic N) is 3. The van der Waals surface area contributed by atoms with Crippen LogP contribution in [0.4, 0.5) is 11.4 Å². The molecule has 0 aliphatic rings. The molecule has 0 aliphatic carbocycles. The van der Waals surface area contributed by atoms with Gasteiger partial charge in [-0.2, -0.15) is 0 Å². The Bertz CT molecular complexity index is 1000. The van der Waals surface area contributed by atoms with Crippen LogP contribution in [0.2, 0.25) is 5.02 Å². The molecule has 0 amide bonds. The fourth-order valence-corrected chi connectivity index (χ4v) is 2.37. The molecule has 3 aromatic rings. The fraction of sp³-hybridized carbons (Fsp3) is 0.0588. The average Bonchev–Trinajstić information content (AvgIpc) is 3.01. The topological polar surface area (TPSA) is 111 Å². The Morgan fingerprint density at radius 1 is 1.35 bits per heavy atom. The molecule has 0 aliphatic heterocycles. The van der Waals surface area contributed by atoms with Gasteiger partial charge in [-0.15, -0.1) is 0 Å². The number of ether oxygens (including phenoxy) is 1.